The number of hydrogen-bond donors (Lipinski definition) is 1. The van der Waals surface area contributed by atoms with Gasteiger partial charge in [-0.05, 0) is 55.5 Å². The Kier molecular flexibility index (Phi) is 5.71. The Morgan fingerprint density at radius 2 is 2.00 bits per heavy atom. The van der Waals surface area contributed by atoms with Gasteiger partial charge < -0.3 is 19.2 Å². The summed E-state index contributed by atoms with van der Waals surface area (Å²) in [5, 5.41) is 14.0. The molecule has 9 nitrogen and oxygen atoms in total. The maximum Gasteiger partial charge on any atom is 0.311 e. The molecule has 0 spiro atoms. The molecule has 0 atom stereocenters. The number of amides is 1. The standard InChI is InChI=1S/C23H19N3O6/c1-3-31-21-9-7-14(12-19(21)26(28)29)22(27)24-16-8-10-20-18(13-16)25-23(32-20)15-5-4-6-17(11-15)30-2/h4-13H,3H2,1-2H3,(H,24,27). The Morgan fingerprint density at radius 3 is 2.75 bits per heavy atom. The van der Waals surface area contributed by atoms with Gasteiger partial charge in [-0.15, -0.1) is 0 Å². The first kappa shape index (κ1) is 20.9. The number of carbonyl (C=O) groups excluding carboxylic acids is 1. The van der Waals surface area contributed by atoms with Gasteiger partial charge >= 0.3 is 5.69 Å². The third-order valence-corrected chi connectivity index (χ3v) is 4.68. The first-order valence-corrected chi connectivity index (χ1v) is 9.76. The van der Waals surface area contributed by atoms with Crippen molar-refractivity contribution >= 4 is 28.4 Å². The zero-order chi connectivity index (χ0) is 22.7. The molecule has 1 N–H and O–H groups in total. The lowest BCUT2D eigenvalue weighted by Gasteiger charge is -2.07. The number of nitro groups is 1. The van der Waals surface area contributed by atoms with Crippen LogP contribution in [0.2, 0.25) is 0 Å². The number of ether oxygens (including phenoxy) is 2. The highest BCUT2D eigenvalue weighted by molar-refractivity contribution is 6.05. The van der Waals surface area contributed by atoms with Crippen LogP contribution in [0.4, 0.5) is 11.4 Å². The van der Waals surface area contributed by atoms with Crippen LogP contribution in [0.3, 0.4) is 0 Å². The predicted molar refractivity (Wildman–Crippen MR) is 118 cm³/mol. The average molecular weight is 433 g/mol. The van der Waals surface area contributed by atoms with Crippen LogP contribution < -0.4 is 14.8 Å². The number of nitro benzene ring substituents is 1. The van der Waals surface area contributed by atoms with Gasteiger partial charge in [0.25, 0.3) is 5.91 Å². The first-order valence-electron chi connectivity index (χ1n) is 9.76. The van der Waals surface area contributed by atoms with E-state index in [1.54, 1.807) is 32.2 Å². The SMILES string of the molecule is CCOc1ccc(C(=O)Nc2ccc3oc(-c4cccc(OC)c4)nc3c2)cc1[N+](=O)[O-]. The molecule has 0 aliphatic rings. The van der Waals surface area contributed by atoms with Crippen molar-refractivity contribution < 1.29 is 23.6 Å². The zero-order valence-corrected chi connectivity index (χ0v) is 17.3. The Bertz CT molecular complexity index is 1310. The van der Waals surface area contributed by atoms with Crippen LogP contribution >= 0.6 is 0 Å². The fourth-order valence-electron chi connectivity index (χ4n) is 3.17. The molecule has 1 heterocycles. The Labute approximate surface area is 182 Å². The molecule has 32 heavy (non-hydrogen) atoms. The predicted octanol–water partition coefficient (Wildman–Crippen LogP) is 5.06. The van der Waals surface area contributed by atoms with E-state index in [0.29, 0.717) is 28.4 Å². The number of nitrogens with zero attached hydrogens (tertiary/aromatic N) is 2. The van der Waals surface area contributed by atoms with Crippen molar-refractivity contribution in [2.24, 2.45) is 0 Å². The monoisotopic (exact) mass is 433 g/mol. The van der Waals surface area contributed by atoms with Crippen LogP contribution in [-0.2, 0) is 0 Å². The van der Waals surface area contributed by atoms with Gasteiger partial charge in [0.05, 0.1) is 18.6 Å². The first-order chi connectivity index (χ1) is 15.5. The summed E-state index contributed by atoms with van der Waals surface area (Å²) in [6.45, 7) is 2.01. The summed E-state index contributed by atoms with van der Waals surface area (Å²) >= 11 is 0. The highest BCUT2D eigenvalue weighted by Crippen LogP contribution is 2.30. The second kappa shape index (κ2) is 8.76. The molecule has 4 rings (SSSR count). The van der Waals surface area contributed by atoms with E-state index in [0.717, 1.165) is 5.56 Å². The summed E-state index contributed by atoms with van der Waals surface area (Å²) in [6, 6.07) is 16.4. The Balaban J connectivity index is 1.58. The quantitative estimate of drug-likeness (QED) is 0.320. The molecule has 9 heteroatoms. The number of anilines is 1. The zero-order valence-electron chi connectivity index (χ0n) is 17.3. The molecule has 0 aliphatic heterocycles. The van der Waals surface area contributed by atoms with Gasteiger partial charge in [0, 0.05) is 22.9 Å². The topological polar surface area (TPSA) is 117 Å². The van der Waals surface area contributed by atoms with Crippen LogP contribution in [0.1, 0.15) is 17.3 Å². The smallest absolute Gasteiger partial charge is 0.311 e. The summed E-state index contributed by atoms with van der Waals surface area (Å²) in [6.07, 6.45) is 0. The minimum absolute atomic E-state index is 0.114. The van der Waals surface area contributed by atoms with E-state index in [1.165, 1.54) is 18.2 Å². The van der Waals surface area contributed by atoms with Crippen molar-refractivity contribution in [2.75, 3.05) is 19.0 Å². The highest BCUT2D eigenvalue weighted by Gasteiger charge is 2.19. The molecule has 0 radical (unpaired) electrons. The Hall–Kier alpha value is -4.40. The average Bonchev–Trinajstić information content (AvgIpc) is 3.23. The number of methoxy groups -OCH3 is 1. The number of carbonyl (C=O) groups is 1. The normalized spacial score (nSPS) is 10.7. The Morgan fingerprint density at radius 1 is 1.16 bits per heavy atom. The van der Waals surface area contributed by atoms with Crippen LogP contribution in [0.5, 0.6) is 11.5 Å². The van der Waals surface area contributed by atoms with Crippen LogP contribution in [-0.4, -0.2) is 29.5 Å². The maximum atomic E-state index is 12.7. The summed E-state index contributed by atoms with van der Waals surface area (Å²) in [5.74, 6) is 0.724. The van der Waals surface area contributed by atoms with Gasteiger partial charge in [-0.25, -0.2) is 4.98 Å². The minimum atomic E-state index is -0.580. The largest absolute Gasteiger partial charge is 0.497 e. The molecule has 0 unspecified atom stereocenters. The van der Waals surface area contributed by atoms with E-state index in [-0.39, 0.29) is 23.6 Å². The van der Waals surface area contributed by atoms with Crippen molar-refractivity contribution in [3.63, 3.8) is 0 Å². The van der Waals surface area contributed by atoms with Crippen LogP contribution in [0.15, 0.2) is 65.1 Å². The molecule has 1 amide bonds. The third-order valence-electron chi connectivity index (χ3n) is 4.68. The minimum Gasteiger partial charge on any atom is -0.497 e. The van der Waals surface area contributed by atoms with E-state index >= 15 is 0 Å². The van der Waals surface area contributed by atoms with Crippen molar-refractivity contribution in [2.45, 2.75) is 6.92 Å². The van der Waals surface area contributed by atoms with Gasteiger partial charge in [0.2, 0.25) is 5.89 Å². The molecule has 0 fully saturated rings. The maximum absolute atomic E-state index is 12.7. The fraction of sp³-hybridized carbons (Fsp3) is 0.130. The van der Waals surface area contributed by atoms with Crippen LogP contribution in [0.25, 0.3) is 22.6 Å². The second-order valence-corrected chi connectivity index (χ2v) is 6.76. The van der Waals surface area contributed by atoms with E-state index in [4.69, 9.17) is 13.9 Å². The van der Waals surface area contributed by atoms with Crippen molar-refractivity contribution in [3.8, 4) is 23.0 Å². The lowest BCUT2D eigenvalue weighted by Crippen LogP contribution is -2.12. The summed E-state index contributed by atoms with van der Waals surface area (Å²) in [5.41, 5.74) is 2.21. The van der Waals surface area contributed by atoms with Crippen LogP contribution in [0, 0.1) is 10.1 Å². The van der Waals surface area contributed by atoms with E-state index in [9.17, 15) is 14.9 Å². The highest BCUT2D eigenvalue weighted by atomic mass is 16.6. The molecular formula is C23H19N3O6. The summed E-state index contributed by atoms with van der Waals surface area (Å²) in [7, 11) is 1.58. The number of oxazole rings is 1. The summed E-state index contributed by atoms with van der Waals surface area (Å²) in [4.78, 5) is 27.9. The van der Waals surface area contributed by atoms with Gasteiger partial charge in [-0.3, -0.25) is 14.9 Å². The molecule has 0 bridgehead atoms. The number of nitrogens with one attached hydrogen (secondary N) is 1. The molecule has 3 aromatic carbocycles. The van der Waals surface area contributed by atoms with Gasteiger partial charge in [-0.1, -0.05) is 6.07 Å². The van der Waals surface area contributed by atoms with E-state index < -0.39 is 10.8 Å². The molecule has 1 aromatic heterocycles. The summed E-state index contributed by atoms with van der Waals surface area (Å²) < 4.78 is 16.3. The number of aromatic nitrogens is 1. The van der Waals surface area contributed by atoms with Crippen molar-refractivity contribution in [1.82, 2.24) is 4.98 Å². The number of fused-ring (bicyclic) bond motifs is 1. The van der Waals surface area contributed by atoms with E-state index in [2.05, 4.69) is 10.3 Å². The van der Waals surface area contributed by atoms with Gasteiger partial charge in [0.1, 0.15) is 11.3 Å². The second-order valence-electron chi connectivity index (χ2n) is 6.76. The molecular weight excluding hydrogens is 414 g/mol. The molecule has 162 valence electrons. The lowest BCUT2D eigenvalue weighted by molar-refractivity contribution is -0.385. The number of hydrogen-bond acceptors (Lipinski definition) is 7. The molecule has 4 aromatic rings. The number of benzene rings is 3. The fourth-order valence-corrected chi connectivity index (χ4v) is 3.17. The van der Waals surface area contributed by atoms with Gasteiger partial charge in [0.15, 0.2) is 11.3 Å². The lowest BCUT2D eigenvalue weighted by atomic mass is 10.1. The van der Waals surface area contributed by atoms with Gasteiger partial charge in [-0.2, -0.15) is 0 Å². The van der Waals surface area contributed by atoms with E-state index in [1.807, 2.05) is 24.3 Å². The van der Waals surface area contributed by atoms with Crippen molar-refractivity contribution in [3.05, 3.63) is 76.3 Å². The number of rotatable bonds is 7. The van der Waals surface area contributed by atoms with Crippen molar-refractivity contribution in [1.29, 1.82) is 0 Å². The molecule has 0 aliphatic carbocycles. The molecule has 0 saturated carbocycles. The third kappa shape index (κ3) is 4.22. The molecule has 0 saturated heterocycles.